The minimum absolute atomic E-state index is 0.125. The molecule has 3 rings (SSSR count). The van der Waals surface area contributed by atoms with Crippen molar-refractivity contribution in [1.29, 1.82) is 0 Å². The number of benzene rings is 2. The highest BCUT2D eigenvalue weighted by atomic mass is 35.5. The van der Waals surface area contributed by atoms with Gasteiger partial charge in [0.05, 0.1) is 17.9 Å². The maximum atomic E-state index is 14.2. The molecule has 8 heteroatoms. The van der Waals surface area contributed by atoms with E-state index < -0.39 is 5.82 Å². The molecule has 1 amide bonds. The van der Waals surface area contributed by atoms with Gasteiger partial charge in [-0.3, -0.25) is 4.79 Å². The monoisotopic (exact) mass is 374 g/mol. The first kappa shape index (κ1) is 17.9. The van der Waals surface area contributed by atoms with Gasteiger partial charge in [-0.2, -0.15) is 4.98 Å². The predicted molar refractivity (Wildman–Crippen MR) is 97.3 cm³/mol. The highest BCUT2D eigenvalue weighted by Gasteiger charge is 2.17. The van der Waals surface area contributed by atoms with Crippen LogP contribution in [0.1, 0.15) is 6.92 Å². The van der Waals surface area contributed by atoms with E-state index in [1.165, 1.54) is 10.7 Å². The Labute approximate surface area is 154 Å². The summed E-state index contributed by atoms with van der Waals surface area (Å²) in [5.74, 6) is -0.509. The lowest BCUT2D eigenvalue weighted by atomic mass is 10.2. The normalized spacial score (nSPS) is 10.6. The summed E-state index contributed by atoms with van der Waals surface area (Å²) in [7, 11) is 0. The number of nitrogens with zero attached hydrogens (tertiary/aromatic N) is 3. The van der Waals surface area contributed by atoms with Crippen molar-refractivity contribution in [1.82, 2.24) is 14.8 Å². The van der Waals surface area contributed by atoms with Crippen LogP contribution in [0.5, 0.6) is 6.01 Å². The van der Waals surface area contributed by atoms with Crippen LogP contribution in [0.4, 0.5) is 10.1 Å². The van der Waals surface area contributed by atoms with Gasteiger partial charge in [0, 0.05) is 5.69 Å². The van der Waals surface area contributed by atoms with Crippen LogP contribution in [0.15, 0.2) is 48.5 Å². The maximum Gasteiger partial charge on any atom is 0.336 e. The third kappa shape index (κ3) is 3.83. The zero-order chi connectivity index (χ0) is 18.5. The molecule has 2 aromatic carbocycles. The number of amides is 1. The van der Waals surface area contributed by atoms with Gasteiger partial charge < -0.3 is 10.1 Å². The van der Waals surface area contributed by atoms with Gasteiger partial charge in [0.2, 0.25) is 5.91 Å². The van der Waals surface area contributed by atoms with Gasteiger partial charge in [-0.25, -0.2) is 9.07 Å². The zero-order valence-corrected chi connectivity index (χ0v) is 14.7. The van der Waals surface area contributed by atoms with E-state index in [9.17, 15) is 9.18 Å². The molecule has 1 N–H and O–H groups in total. The molecule has 3 aromatic rings. The Balaban J connectivity index is 2.01. The molecule has 0 unspecified atom stereocenters. The molecule has 0 atom stereocenters. The number of hydrogen-bond donors (Lipinski definition) is 1. The number of anilines is 1. The largest absolute Gasteiger partial charge is 0.463 e. The van der Waals surface area contributed by atoms with Gasteiger partial charge in [-0.1, -0.05) is 12.1 Å². The number of rotatable bonds is 6. The summed E-state index contributed by atoms with van der Waals surface area (Å²) in [5.41, 5.74) is 1.55. The Morgan fingerprint density at radius 1 is 1.23 bits per heavy atom. The number of carbonyl (C=O) groups is 1. The van der Waals surface area contributed by atoms with Crippen LogP contribution in [-0.2, 0) is 4.79 Å². The van der Waals surface area contributed by atoms with Crippen LogP contribution in [0.25, 0.3) is 17.1 Å². The Morgan fingerprint density at radius 3 is 2.62 bits per heavy atom. The van der Waals surface area contributed by atoms with Crippen molar-refractivity contribution in [2.24, 2.45) is 0 Å². The van der Waals surface area contributed by atoms with Crippen LogP contribution < -0.4 is 10.1 Å². The number of hydrogen-bond acceptors (Lipinski definition) is 4. The van der Waals surface area contributed by atoms with E-state index >= 15 is 0 Å². The first-order valence-electron chi connectivity index (χ1n) is 7.93. The maximum absolute atomic E-state index is 14.2. The summed E-state index contributed by atoms with van der Waals surface area (Å²) in [6.07, 6.45) is 0. The van der Waals surface area contributed by atoms with E-state index in [0.29, 0.717) is 29.4 Å². The highest BCUT2D eigenvalue weighted by Crippen LogP contribution is 2.26. The van der Waals surface area contributed by atoms with E-state index in [1.54, 1.807) is 42.5 Å². The van der Waals surface area contributed by atoms with Gasteiger partial charge in [-0.15, -0.1) is 16.7 Å². The molecule has 0 aliphatic rings. The molecule has 26 heavy (non-hydrogen) atoms. The molecule has 0 aliphatic heterocycles. The Bertz CT molecular complexity index is 912. The smallest absolute Gasteiger partial charge is 0.336 e. The molecule has 0 fully saturated rings. The van der Waals surface area contributed by atoms with Crippen LogP contribution in [0.2, 0.25) is 0 Å². The SMILES string of the molecule is CCOc1nc(-c2ccccc2F)n(-c2ccc(NC(=O)CCl)cc2)n1. The lowest BCUT2D eigenvalue weighted by molar-refractivity contribution is -0.113. The van der Waals surface area contributed by atoms with E-state index in [-0.39, 0.29) is 17.8 Å². The second kappa shape index (κ2) is 7.97. The minimum Gasteiger partial charge on any atom is -0.463 e. The Morgan fingerprint density at radius 2 is 1.96 bits per heavy atom. The van der Waals surface area contributed by atoms with Crippen LogP contribution in [0.3, 0.4) is 0 Å². The quantitative estimate of drug-likeness (QED) is 0.669. The molecule has 0 spiro atoms. The van der Waals surface area contributed by atoms with Crippen molar-refractivity contribution in [3.8, 4) is 23.1 Å². The molecular formula is C18H16ClFN4O2. The number of carbonyl (C=O) groups excluding carboxylic acids is 1. The van der Waals surface area contributed by atoms with Gasteiger partial charge in [-0.05, 0) is 43.3 Å². The van der Waals surface area contributed by atoms with E-state index in [0.717, 1.165) is 0 Å². The Kier molecular flexibility index (Phi) is 5.48. The fourth-order valence-electron chi connectivity index (χ4n) is 2.36. The predicted octanol–water partition coefficient (Wildman–Crippen LogP) is 3.65. The van der Waals surface area contributed by atoms with Crippen LogP contribution in [-0.4, -0.2) is 33.2 Å². The fraction of sp³-hybridized carbons (Fsp3) is 0.167. The van der Waals surface area contributed by atoms with Crippen molar-refractivity contribution < 1.29 is 13.9 Å². The Hall–Kier alpha value is -2.93. The second-order valence-corrected chi connectivity index (χ2v) is 5.54. The van der Waals surface area contributed by atoms with Gasteiger partial charge in [0.1, 0.15) is 11.7 Å². The summed E-state index contributed by atoms with van der Waals surface area (Å²) in [6, 6.07) is 13.3. The summed E-state index contributed by atoms with van der Waals surface area (Å²) in [6.45, 7) is 2.21. The molecule has 0 aliphatic carbocycles. The molecule has 0 saturated carbocycles. The number of halogens is 2. The average Bonchev–Trinajstić information content (AvgIpc) is 3.06. The standard InChI is InChI=1S/C18H16ClFN4O2/c1-2-26-18-22-17(14-5-3-4-6-15(14)20)24(23-18)13-9-7-12(8-10-13)21-16(25)11-19/h3-10H,2,11H2,1H3,(H,21,25). The third-order valence-electron chi connectivity index (χ3n) is 3.49. The van der Waals surface area contributed by atoms with Gasteiger partial charge >= 0.3 is 6.01 Å². The van der Waals surface area contributed by atoms with Gasteiger partial charge in [0.25, 0.3) is 0 Å². The van der Waals surface area contributed by atoms with Crippen molar-refractivity contribution in [2.75, 3.05) is 17.8 Å². The van der Waals surface area contributed by atoms with Crippen molar-refractivity contribution >= 4 is 23.2 Å². The number of ether oxygens (including phenoxy) is 1. The molecule has 0 radical (unpaired) electrons. The van der Waals surface area contributed by atoms with E-state index in [4.69, 9.17) is 16.3 Å². The van der Waals surface area contributed by atoms with E-state index in [1.807, 2.05) is 6.92 Å². The highest BCUT2D eigenvalue weighted by molar-refractivity contribution is 6.29. The average molecular weight is 375 g/mol. The molecule has 0 bridgehead atoms. The summed E-state index contributed by atoms with van der Waals surface area (Å²) in [5, 5.41) is 6.95. The topological polar surface area (TPSA) is 69.0 Å². The van der Waals surface area contributed by atoms with E-state index in [2.05, 4.69) is 15.4 Å². The number of alkyl halides is 1. The summed E-state index contributed by atoms with van der Waals surface area (Å²) < 4.78 is 21.1. The van der Waals surface area contributed by atoms with Crippen molar-refractivity contribution in [3.05, 3.63) is 54.3 Å². The first-order chi connectivity index (χ1) is 12.6. The summed E-state index contributed by atoms with van der Waals surface area (Å²) in [4.78, 5) is 15.7. The second-order valence-electron chi connectivity index (χ2n) is 5.27. The lowest BCUT2D eigenvalue weighted by Gasteiger charge is -2.08. The van der Waals surface area contributed by atoms with Crippen LogP contribution >= 0.6 is 11.6 Å². The molecule has 1 heterocycles. The lowest BCUT2D eigenvalue weighted by Crippen LogP contribution is -2.12. The zero-order valence-electron chi connectivity index (χ0n) is 13.9. The molecule has 1 aromatic heterocycles. The first-order valence-corrected chi connectivity index (χ1v) is 8.47. The molecule has 6 nitrogen and oxygen atoms in total. The molecule has 134 valence electrons. The number of nitrogens with one attached hydrogen (secondary N) is 1. The molecule has 0 saturated heterocycles. The molecular weight excluding hydrogens is 359 g/mol. The van der Waals surface area contributed by atoms with Gasteiger partial charge in [0.15, 0.2) is 5.82 Å². The minimum atomic E-state index is -0.407. The fourth-order valence-corrected chi connectivity index (χ4v) is 2.43. The summed E-state index contributed by atoms with van der Waals surface area (Å²) >= 11 is 5.48. The van der Waals surface area contributed by atoms with Crippen LogP contribution in [0, 0.1) is 5.82 Å². The van der Waals surface area contributed by atoms with Crippen molar-refractivity contribution in [3.63, 3.8) is 0 Å². The third-order valence-corrected chi connectivity index (χ3v) is 3.74. The van der Waals surface area contributed by atoms with Crippen molar-refractivity contribution in [2.45, 2.75) is 6.92 Å². The number of aromatic nitrogens is 3.